The van der Waals surface area contributed by atoms with E-state index in [2.05, 4.69) is 20.7 Å². The second kappa shape index (κ2) is 4.04. The van der Waals surface area contributed by atoms with Gasteiger partial charge in [0.15, 0.2) is 0 Å². The molecule has 1 aromatic heterocycles. The van der Waals surface area contributed by atoms with Crippen LogP contribution in [0.25, 0.3) is 0 Å². The zero-order chi connectivity index (χ0) is 10.2. The molecule has 0 atom stereocenters. The highest BCUT2D eigenvalue weighted by Crippen LogP contribution is 2.42. The number of hydrogen-bond donors (Lipinski definition) is 1. The zero-order valence-electron chi connectivity index (χ0n) is 6.27. The van der Waals surface area contributed by atoms with Crippen molar-refractivity contribution in [3.8, 4) is 0 Å². The van der Waals surface area contributed by atoms with Gasteiger partial charge in [0.05, 0.1) is 4.47 Å². The molecule has 0 bridgehead atoms. The number of hydrogen-bond acceptors (Lipinski definition) is 3. The summed E-state index contributed by atoms with van der Waals surface area (Å²) in [5, 5.41) is 0. The summed E-state index contributed by atoms with van der Waals surface area (Å²) in [5.41, 5.74) is 0. The van der Waals surface area contributed by atoms with E-state index in [0.717, 1.165) is 11.3 Å². The number of thiophene rings is 1. The van der Waals surface area contributed by atoms with Gasteiger partial charge in [-0.2, -0.15) is 0 Å². The first-order valence-electron chi connectivity index (χ1n) is 2.97. The smallest absolute Gasteiger partial charge is 0.214 e. The molecule has 13 heavy (non-hydrogen) atoms. The van der Waals surface area contributed by atoms with E-state index in [4.69, 9.17) is 23.2 Å². The lowest BCUT2D eigenvalue weighted by Crippen LogP contribution is -2.18. The fraction of sp³-hybridized carbons (Fsp3) is 0.200. The number of halogens is 3. The molecule has 3 nitrogen and oxygen atoms in total. The minimum absolute atomic E-state index is 0.00772. The summed E-state index contributed by atoms with van der Waals surface area (Å²) in [4.78, 5) is -0.00772. The van der Waals surface area contributed by atoms with Crippen LogP contribution in [0.4, 0.5) is 0 Å². The first kappa shape index (κ1) is 11.7. The van der Waals surface area contributed by atoms with Gasteiger partial charge in [-0.05, 0) is 23.0 Å². The summed E-state index contributed by atoms with van der Waals surface area (Å²) in [6.07, 6.45) is 0. The van der Waals surface area contributed by atoms with Crippen LogP contribution in [0.1, 0.15) is 0 Å². The molecule has 0 aromatic carbocycles. The lowest BCUT2D eigenvalue weighted by Gasteiger charge is -2.00. The minimum Gasteiger partial charge on any atom is -0.214 e. The number of rotatable bonds is 2. The third kappa shape index (κ3) is 2.19. The first-order chi connectivity index (χ1) is 5.90. The van der Waals surface area contributed by atoms with Crippen LogP contribution in [0.15, 0.2) is 9.37 Å². The predicted molar refractivity (Wildman–Crippen MR) is 58.3 cm³/mol. The Hall–Kier alpha value is 0.670. The largest absolute Gasteiger partial charge is 0.243 e. The van der Waals surface area contributed by atoms with Crippen molar-refractivity contribution in [3.63, 3.8) is 0 Å². The summed E-state index contributed by atoms with van der Waals surface area (Å²) in [7, 11) is -2.23. The normalized spacial score (nSPS) is 12.0. The molecule has 0 radical (unpaired) electrons. The molecule has 1 aromatic rings. The van der Waals surface area contributed by atoms with Gasteiger partial charge in [0, 0.05) is 0 Å². The molecule has 1 N–H and O–H groups in total. The topological polar surface area (TPSA) is 46.2 Å². The average Bonchev–Trinajstić information content (AvgIpc) is 2.27. The van der Waals surface area contributed by atoms with Gasteiger partial charge in [-0.15, -0.1) is 11.3 Å². The maximum atomic E-state index is 11.4. The number of nitrogens with one attached hydrogen (secondary N) is 1. The van der Waals surface area contributed by atoms with E-state index >= 15 is 0 Å². The lowest BCUT2D eigenvalue weighted by atomic mass is 10.7. The van der Waals surface area contributed by atoms with Crippen molar-refractivity contribution >= 4 is 60.5 Å². The third-order valence-electron chi connectivity index (χ3n) is 1.27. The Morgan fingerprint density at radius 2 is 1.92 bits per heavy atom. The molecule has 0 saturated carbocycles. The van der Waals surface area contributed by atoms with Gasteiger partial charge in [-0.25, -0.2) is 13.1 Å². The van der Waals surface area contributed by atoms with Crippen LogP contribution in [0.2, 0.25) is 8.67 Å². The fourth-order valence-electron chi connectivity index (χ4n) is 0.671. The Morgan fingerprint density at radius 3 is 2.23 bits per heavy atom. The molecule has 0 spiro atoms. The number of sulfonamides is 1. The molecule has 0 saturated heterocycles. The summed E-state index contributed by atoms with van der Waals surface area (Å²) in [5.74, 6) is 0. The van der Waals surface area contributed by atoms with E-state index in [1.165, 1.54) is 7.05 Å². The summed E-state index contributed by atoms with van der Waals surface area (Å²) >= 11 is 15.4. The highest BCUT2D eigenvalue weighted by atomic mass is 79.9. The second-order valence-corrected chi connectivity index (χ2v) is 6.84. The highest BCUT2D eigenvalue weighted by molar-refractivity contribution is 9.10. The molecule has 0 aliphatic rings. The van der Waals surface area contributed by atoms with E-state index < -0.39 is 10.0 Å². The van der Waals surface area contributed by atoms with E-state index in [1.54, 1.807) is 0 Å². The molecule has 0 unspecified atom stereocenters. The van der Waals surface area contributed by atoms with Crippen molar-refractivity contribution < 1.29 is 8.42 Å². The monoisotopic (exact) mass is 323 g/mol. The van der Waals surface area contributed by atoms with Gasteiger partial charge in [0.25, 0.3) is 0 Å². The fourth-order valence-corrected chi connectivity index (χ4v) is 4.94. The summed E-state index contributed by atoms with van der Waals surface area (Å²) < 4.78 is 25.7. The SMILES string of the molecule is CNS(=O)(=O)c1c(Cl)sc(Cl)c1Br. The minimum atomic E-state index is -3.54. The molecular formula is C5H4BrCl2NO2S2. The quantitative estimate of drug-likeness (QED) is 0.909. The first-order valence-corrected chi connectivity index (χ1v) is 6.82. The van der Waals surface area contributed by atoms with Crippen LogP contribution in [-0.2, 0) is 10.0 Å². The highest BCUT2D eigenvalue weighted by Gasteiger charge is 2.24. The van der Waals surface area contributed by atoms with Crippen molar-refractivity contribution in [1.82, 2.24) is 4.72 Å². The van der Waals surface area contributed by atoms with Gasteiger partial charge in [0.1, 0.15) is 13.6 Å². The van der Waals surface area contributed by atoms with Crippen LogP contribution in [0.5, 0.6) is 0 Å². The summed E-state index contributed by atoms with van der Waals surface area (Å²) in [6, 6.07) is 0. The van der Waals surface area contributed by atoms with E-state index in [1.807, 2.05) is 0 Å². The summed E-state index contributed by atoms with van der Waals surface area (Å²) in [6.45, 7) is 0. The predicted octanol–water partition coefficient (Wildman–Crippen LogP) is 2.73. The Labute approximate surface area is 98.2 Å². The van der Waals surface area contributed by atoms with Gasteiger partial charge in [-0.3, -0.25) is 0 Å². The molecule has 0 amide bonds. The van der Waals surface area contributed by atoms with E-state index in [-0.39, 0.29) is 9.23 Å². The van der Waals surface area contributed by atoms with Gasteiger partial charge >= 0.3 is 0 Å². The Bertz CT molecular complexity index is 428. The van der Waals surface area contributed by atoms with Crippen LogP contribution in [0.3, 0.4) is 0 Å². The van der Waals surface area contributed by atoms with E-state index in [9.17, 15) is 8.42 Å². The van der Waals surface area contributed by atoms with Crippen molar-refractivity contribution in [3.05, 3.63) is 13.1 Å². The van der Waals surface area contributed by atoms with Gasteiger partial charge in [0.2, 0.25) is 10.0 Å². The Balaban J connectivity index is 3.47. The molecule has 1 heterocycles. The van der Waals surface area contributed by atoms with Gasteiger partial charge in [-0.1, -0.05) is 23.2 Å². The van der Waals surface area contributed by atoms with Crippen LogP contribution < -0.4 is 4.72 Å². The standard InChI is InChI=1S/C5H4BrCl2NO2S2/c1-9-13(10,11)3-2(6)4(7)12-5(3)8/h9H,1H3. The maximum absolute atomic E-state index is 11.4. The lowest BCUT2D eigenvalue weighted by molar-refractivity contribution is 0.588. The second-order valence-electron chi connectivity index (χ2n) is 2.00. The zero-order valence-corrected chi connectivity index (χ0v) is 11.0. The molecule has 0 aliphatic heterocycles. The molecular weight excluding hydrogens is 321 g/mol. The molecule has 74 valence electrons. The molecule has 0 fully saturated rings. The van der Waals surface area contributed by atoms with Crippen LogP contribution >= 0.6 is 50.5 Å². The van der Waals surface area contributed by atoms with Crippen molar-refractivity contribution in [2.75, 3.05) is 7.05 Å². The third-order valence-corrected chi connectivity index (χ3v) is 6.15. The van der Waals surface area contributed by atoms with Crippen molar-refractivity contribution in [2.45, 2.75) is 4.90 Å². The Morgan fingerprint density at radius 1 is 1.38 bits per heavy atom. The average molecular weight is 325 g/mol. The maximum Gasteiger partial charge on any atom is 0.243 e. The molecule has 0 aliphatic carbocycles. The van der Waals surface area contributed by atoms with Gasteiger partial charge < -0.3 is 0 Å². The molecule has 8 heteroatoms. The van der Waals surface area contributed by atoms with Crippen LogP contribution in [0, 0.1) is 0 Å². The van der Waals surface area contributed by atoms with Crippen LogP contribution in [-0.4, -0.2) is 15.5 Å². The van der Waals surface area contributed by atoms with E-state index in [0.29, 0.717) is 8.81 Å². The Kier molecular flexibility index (Phi) is 3.65. The van der Waals surface area contributed by atoms with Crippen molar-refractivity contribution in [2.24, 2.45) is 0 Å². The van der Waals surface area contributed by atoms with Crippen molar-refractivity contribution in [1.29, 1.82) is 0 Å². The molecule has 1 rings (SSSR count).